The predicted octanol–water partition coefficient (Wildman–Crippen LogP) is 1.47. The van der Waals surface area contributed by atoms with Crippen LogP contribution in [0.5, 0.6) is 5.06 Å². The van der Waals surface area contributed by atoms with E-state index in [4.69, 9.17) is 9.94 Å². The van der Waals surface area contributed by atoms with E-state index in [-0.39, 0.29) is 0 Å². The van der Waals surface area contributed by atoms with E-state index in [0.29, 0.717) is 5.06 Å². The summed E-state index contributed by atoms with van der Waals surface area (Å²) < 4.78 is 2.65. The first-order valence-electron chi connectivity index (χ1n) is 3.15. The summed E-state index contributed by atoms with van der Waals surface area (Å²) in [6, 6.07) is 3.59. The van der Waals surface area contributed by atoms with Crippen molar-refractivity contribution in [1.29, 1.82) is 0 Å². The Bertz CT molecular complexity index is 377. The van der Waals surface area contributed by atoms with Gasteiger partial charge < -0.3 is 9.94 Å². The van der Waals surface area contributed by atoms with Crippen LogP contribution in [0.4, 0.5) is 0 Å². The molecule has 0 amide bonds. The zero-order valence-corrected chi connectivity index (χ0v) is 6.76. The molecule has 0 aliphatic rings. The van der Waals surface area contributed by atoms with Gasteiger partial charge in [-0.3, -0.25) is 0 Å². The topological polar surface area (TPSA) is 34.4 Å². The average molecular weight is 169 g/mol. The van der Waals surface area contributed by atoms with Crippen molar-refractivity contribution in [3.63, 3.8) is 0 Å². The molecular formula is C7H7NO2S. The van der Waals surface area contributed by atoms with Gasteiger partial charge in [0.15, 0.2) is 5.06 Å². The number of fused-ring (bicyclic) bond motifs is 1. The van der Waals surface area contributed by atoms with E-state index < -0.39 is 0 Å². The quantitative estimate of drug-likeness (QED) is 0.701. The first-order chi connectivity index (χ1) is 5.31. The van der Waals surface area contributed by atoms with E-state index in [9.17, 15) is 0 Å². The van der Waals surface area contributed by atoms with Gasteiger partial charge >= 0.3 is 0 Å². The molecule has 0 saturated carbocycles. The lowest BCUT2D eigenvalue weighted by Crippen LogP contribution is -2.01. The van der Waals surface area contributed by atoms with Gasteiger partial charge in [-0.2, -0.15) is 4.73 Å². The fourth-order valence-electron chi connectivity index (χ4n) is 1.05. The van der Waals surface area contributed by atoms with E-state index >= 15 is 0 Å². The zero-order chi connectivity index (χ0) is 7.84. The normalized spacial score (nSPS) is 10.6. The number of rotatable bonds is 1. The lowest BCUT2D eigenvalue weighted by Gasteiger charge is -1.97. The lowest BCUT2D eigenvalue weighted by atomic mass is 10.5. The Labute approximate surface area is 67.4 Å². The van der Waals surface area contributed by atoms with Crippen LogP contribution in [0.15, 0.2) is 18.3 Å². The van der Waals surface area contributed by atoms with Crippen molar-refractivity contribution in [3.8, 4) is 5.06 Å². The molecule has 3 nitrogen and oxygen atoms in total. The van der Waals surface area contributed by atoms with Gasteiger partial charge in [0.2, 0.25) is 0 Å². The van der Waals surface area contributed by atoms with Crippen LogP contribution in [-0.4, -0.2) is 16.9 Å². The highest BCUT2D eigenvalue weighted by atomic mass is 32.1. The Kier molecular flexibility index (Phi) is 1.29. The Morgan fingerprint density at radius 3 is 3.18 bits per heavy atom. The third kappa shape index (κ3) is 0.867. The van der Waals surface area contributed by atoms with E-state index in [1.165, 1.54) is 11.3 Å². The van der Waals surface area contributed by atoms with Crippen molar-refractivity contribution in [2.24, 2.45) is 0 Å². The molecule has 4 heteroatoms. The summed E-state index contributed by atoms with van der Waals surface area (Å²) >= 11 is 1.34. The molecule has 0 atom stereocenters. The zero-order valence-electron chi connectivity index (χ0n) is 5.94. The maximum atomic E-state index is 9.11. The fraction of sp³-hybridized carbons (Fsp3) is 0.143. The summed E-state index contributed by atoms with van der Waals surface area (Å²) in [7, 11) is 1.59. The summed E-state index contributed by atoms with van der Waals surface area (Å²) in [5.41, 5.74) is 0.912. The molecule has 0 aliphatic carbocycles. The van der Waals surface area contributed by atoms with Gasteiger partial charge in [0, 0.05) is 12.3 Å². The fourth-order valence-corrected chi connectivity index (χ4v) is 1.83. The van der Waals surface area contributed by atoms with Gasteiger partial charge in [0.25, 0.3) is 0 Å². The van der Waals surface area contributed by atoms with Crippen molar-refractivity contribution in [1.82, 2.24) is 4.73 Å². The van der Waals surface area contributed by atoms with Crippen LogP contribution < -0.4 is 4.84 Å². The molecule has 0 radical (unpaired) electrons. The van der Waals surface area contributed by atoms with Crippen molar-refractivity contribution < 1.29 is 9.94 Å². The highest BCUT2D eigenvalue weighted by Crippen LogP contribution is 2.30. The molecule has 0 saturated heterocycles. The molecule has 2 aromatic heterocycles. The van der Waals surface area contributed by atoms with Gasteiger partial charge in [0.05, 0.1) is 4.70 Å². The molecule has 11 heavy (non-hydrogen) atoms. The van der Waals surface area contributed by atoms with Gasteiger partial charge in [-0.25, -0.2) is 0 Å². The van der Waals surface area contributed by atoms with Gasteiger partial charge in [-0.05, 0) is 6.07 Å². The van der Waals surface area contributed by atoms with Crippen LogP contribution >= 0.6 is 11.3 Å². The highest BCUT2D eigenvalue weighted by Gasteiger charge is 2.04. The van der Waals surface area contributed by atoms with Crippen molar-refractivity contribution in [2.75, 3.05) is 7.11 Å². The molecule has 0 aromatic carbocycles. The maximum Gasteiger partial charge on any atom is 0.173 e. The van der Waals surface area contributed by atoms with Crippen LogP contribution in [0, 0.1) is 0 Å². The Morgan fingerprint density at radius 1 is 1.64 bits per heavy atom. The second-order valence-electron chi connectivity index (χ2n) is 2.16. The molecule has 0 fully saturated rings. The molecule has 2 aromatic rings. The molecule has 2 rings (SSSR count). The number of nitrogens with zero attached hydrogens (tertiary/aromatic N) is 1. The summed E-state index contributed by atoms with van der Waals surface area (Å²) in [6.45, 7) is 0. The van der Waals surface area contributed by atoms with Crippen LogP contribution in [0.3, 0.4) is 0 Å². The molecule has 0 spiro atoms. The molecule has 0 aliphatic heterocycles. The third-order valence-corrected chi connectivity index (χ3v) is 2.41. The molecule has 0 unspecified atom stereocenters. The van der Waals surface area contributed by atoms with E-state index in [1.807, 2.05) is 12.3 Å². The summed E-state index contributed by atoms with van der Waals surface area (Å²) in [4.78, 5) is 4.99. The number of hydrogen-bond acceptors (Lipinski definition) is 3. The van der Waals surface area contributed by atoms with E-state index in [1.54, 1.807) is 17.9 Å². The van der Waals surface area contributed by atoms with E-state index in [0.717, 1.165) is 10.2 Å². The Hall–Kier alpha value is -1.16. The number of aromatic hydroxyl groups is 1. The minimum Gasteiger partial charge on any atom is -0.499 e. The SMILES string of the molecule is COn1ccc2sc(O)cc21. The molecule has 0 bridgehead atoms. The monoisotopic (exact) mass is 169 g/mol. The first-order valence-corrected chi connectivity index (χ1v) is 3.97. The smallest absolute Gasteiger partial charge is 0.173 e. The first kappa shape index (κ1) is 6.54. The van der Waals surface area contributed by atoms with Crippen LogP contribution in [0.25, 0.3) is 10.2 Å². The highest BCUT2D eigenvalue weighted by molar-refractivity contribution is 7.20. The van der Waals surface area contributed by atoms with E-state index in [2.05, 4.69) is 0 Å². The van der Waals surface area contributed by atoms with Crippen LogP contribution in [0.2, 0.25) is 0 Å². The number of aromatic nitrogens is 1. The van der Waals surface area contributed by atoms with Crippen molar-refractivity contribution in [3.05, 3.63) is 18.3 Å². The Morgan fingerprint density at radius 2 is 2.45 bits per heavy atom. The second-order valence-corrected chi connectivity index (χ2v) is 3.22. The maximum absolute atomic E-state index is 9.11. The minimum atomic E-state index is 0.321. The third-order valence-electron chi connectivity index (χ3n) is 1.52. The molecule has 2 heterocycles. The average Bonchev–Trinajstić information content (AvgIpc) is 2.45. The van der Waals surface area contributed by atoms with Gasteiger partial charge in [0.1, 0.15) is 12.6 Å². The second kappa shape index (κ2) is 2.17. The molecule has 1 N–H and O–H groups in total. The number of thiophene rings is 1. The summed E-state index contributed by atoms with van der Waals surface area (Å²) in [6.07, 6.45) is 1.82. The lowest BCUT2D eigenvalue weighted by molar-refractivity contribution is 0.179. The summed E-state index contributed by atoms with van der Waals surface area (Å²) in [5, 5.41) is 9.44. The molecule has 58 valence electrons. The molecular weight excluding hydrogens is 162 g/mol. The predicted molar refractivity (Wildman–Crippen MR) is 44.0 cm³/mol. The van der Waals surface area contributed by atoms with Crippen molar-refractivity contribution >= 4 is 21.6 Å². The van der Waals surface area contributed by atoms with Crippen LogP contribution in [-0.2, 0) is 0 Å². The van der Waals surface area contributed by atoms with Gasteiger partial charge in [-0.15, -0.1) is 0 Å². The number of hydrogen-bond donors (Lipinski definition) is 1. The van der Waals surface area contributed by atoms with Crippen molar-refractivity contribution in [2.45, 2.75) is 0 Å². The van der Waals surface area contributed by atoms with Gasteiger partial charge in [-0.1, -0.05) is 11.3 Å². The summed E-state index contributed by atoms with van der Waals surface area (Å²) in [5.74, 6) is 0. The Balaban J connectivity index is 2.73. The standard InChI is InChI=1S/C7H7NO2S/c1-10-8-3-2-6-5(8)4-7(9)11-6/h2-4,9H,1H3. The minimum absolute atomic E-state index is 0.321. The van der Waals surface area contributed by atoms with Crippen LogP contribution in [0.1, 0.15) is 0 Å². The largest absolute Gasteiger partial charge is 0.499 e.